The third-order valence-corrected chi connectivity index (χ3v) is 7.46. The molecule has 0 aliphatic rings. The lowest BCUT2D eigenvalue weighted by molar-refractivity contribution is -0.157. The van der Waals surface area contributed by atoms with Gasteiger partial charge in [0, 0.05) is 16.7 Å². The Hall–Kier alpha value is -4.77. The first kappa shape index (κ1) is 34.1. The maximum atomic E-state index is 14.0. The van der Waals surface area contributed by atoms with Crippen LogP contribution in [0, 0.1) is 53.8 Å². The lowest BCUT2D eigenvalue weighted by atomic mass is 9.98. The van der Waals surface area contributed by atoms with Crippen molar-refractivity contribution in [1.82, 2.24) is 9.55 Å². The van der Waals surface area contributed by atoms with Crippen LogP contribution >= 0.6 is 15.9 Å². The molecule has 0 radical (unpaired) electrons. The molecule has 0 saturated heterocycles. The Morgan fingerprint density at radius 2 is 1.59 bits per heavy atom. The van der Waals surface area contributed by atoms with E-state index in [1.165, 1.54) is 28.8 Å². The first-order chi connectivity index (χ1) is 21.5. The van der Waals surface area contributed by atoms with Gasteiger partial charge in [0.05, 0.1) is 28.4 Å². The van der Waals surface area contributed by atoms with E-state index in [-0.39, 0.29) is 30.8 Å². The Morgan fingerprint density at radius 1 is 1.00 bits per heavy atom. The van der Waals surface area contributed by atoms with Crippen LogP contribution in [0.15, 0.2) is 45.7 Å². The average Bonchev–Trinajstić information content (AvgIpc) is 3.00. The molecule has 3 aromatic carbocycles. The number of hydrogen-bond donors (Lipinski definition) is 0. The van der Waals surface area contributed by atoms with Gasteiger partial charge in [0.2, 0.25) is 34.8 Å². The van der Waals surface area contributed by atoms with Crippen LogP contribution < -0.4 is 15.2 Å². The van der Waals surface area contributed by atoms with Crippen LogP contribution in [0.5, 0.6) is 5.75 Å². The second-order valence-corrected chi connectivity index (χ2v) is 11.9. The highest BCUT2D eigenvalue weighted by Gasteiger charge is 2.29. The molecule has 240 valence electrons. The van der Waals surface area contributed by atoms with Crippen molar-refractivity contribution in [3.63, 3.8) is 0 Å². The zero-order valence-corrected chi connectivity index (χ0v) is 26.4. The van der Waals surface area contributed by atoms with Crippen LogP contribution in [0.1, 0.15) is 42.5 Å². The standard InChI is InChI=1S/C32H25BrF5N3O5/c1-6-11-40(19-9-7-17(8-10-19)30(43)46-28-26(37)24(35)23(34)25(36)27(28)38)14-18-12-20-22(13-21(18)33)39-16(2)41(29(20)42)15-45-31(44)32(3,4)5/h1,7-10,12-13H,11,14-15H2,2-5H3. The fourth-order valence-electron chi connectivity index (χ4n) is 4.20. The molecule has 0 saturated carbocycles. The summed E-state index contributed by atoms with van der Waals surface area (Å²) in [5, 5.41) is 0.252. The molecule has 0 unspecified atom stereocenters. The highest BCUT2D eigenvalue weighted by atomic mass is 79.9. The Morgan fingerprint density at radius 3 is 2.15 bits per heavy atom. The summed E-state index contributed by atoms with van der Waals surface area (Å²) in [7, 11) is 0. The minimum Gasteiger partial charge on any atom is -0.443 e. The molecule has 0 amide bonds. The maximum absolute atomic E-state index is 14.0. The van der Waals surface area contributed by atoms with Gasteiger partial charge in [-0.2, -0.15) is 8.78 Å². The number of nitrogens with zero attached hydrogens (tertiary/aromatic N) is 3. The molecule has 1 aromatic heterocycles. The van der Waals surface area contributed by atoms with Crippen molar-refractivity contribution >= 4 is 44.5 Å². The number of terminal acetylenes is 1. The third kappa shape index (κ3) is 6.89. The van der Waals surface area contributed by atoms with E-state index in [9.17, 15) is 36.3 Å². The second-order valence-electron chi connectivity index (χ2n) is 11.1. The molecule has 1 heterocycles. The quantitative estimate of drug-likeness (QED) is 0.0512. The summed E-state index contributed by atoms with van der Waals surface area (Å²) in [6.07, 6.45) is 5.58. The molecule has 0 bridgehead atoms. The number of rotatable bonds is 8. The number of carbonyl (C=O) groups is 2. The summed E-state index contributed by atoms with van der Waals surface area (Å²) < 4.78 is 80.0. The van der Waals surface area contributed by atoms with Crippen LogP contribution in [0.25, 0.3) is 10.9 Å². The summed E-state index contributed by atoms with van der Waals surface area (Å²) >= 11 is 3.50. The number of fused-ring (bicyclic) bond motifs is 1. The minimum atomic E-state index is -2.38. The molecule has 8 nitrogen and oxygen atoms in total. The number of hydrogen-bond acceptors (Lipinski definition) is 7. The second kappa shape index (κ2) is 13.3. The van der Waals surface area contributed by atoms with E-state index in [1.54, 1.807) is 44.7 Å². The number of carbonyl (C=O) groups excluding carboxylic acids is 2. The lowest BCUT2D eigenvalue weighted by Crippen LogP contribution is -2.30. The molecule has 4 rings (SSSR count). The van der Waals surface area contributed by atoms with Crippen molar-refractivity contribution in [3.8, 4) is 18.1 Å². The predicted octanol–water partition coefficient (Wildman–Crippen LogP) is 6.57. The third-order valence-electron chi connectivity index (χ3n) is 6.73. The number of halogens is 6. The monoisotopic (exact) mass is 705 g/mol. The first-order valence-corrected chi connectivity index (χ1v) is 14.2. The molecule has 14 heteroatoms. The van der Waals surface area contributed by atoms with E-state index in [1.807, 2.05) is 0 Å². The molecule has 0 spiro atoms. The molecule has 46 heavy (non-hydrogen) atoms. The summed E-state index contributed by atoms with van der Waals surface area (Å²) in [6, 6.07) is 8.58. The molecule has 0 fully saturated rings. The summed E-state index contributed by atoms with van der Waals surface area (Å²) in [4.78, 5) is 44.3. The normalized spacial score (nSPS) is 11.3. The number of esters is 2. The van der Waals surface area contributed by atoms with E-state index >= 15 is 0 Å². The van der Waals surface area contributed by atoms with E-state index in [2.05, 4.69) is 31.6 Å². The van der Waals surface area contributed by atoms with Gasteiger partial charge in [-0.15, -0.1) is 6.42 Å². The highest BCUT2D eigenvalue weighted by Crippen LogP contribution is 2.30. The Labute approximate surface area is 267 Å². The summed E-state index contributed by atoms with van der Waals surface area (Å²) in [5.41, 5.74) is 0.0461. The van der Waals surface area contributed by atoms with Gasteiger partial charge < -0.3 is 14.4 Å². The lowest BCUT2D eigenvalue weighted by Gasteiger charge is -2.24. The zero-order chi connectivity index (χ0) is 34.1. The number of aryl methyl sites for hydroxylation is 1. The van der Waals surface area contributed by atoms with E-state index in [0.717, 1.165) is 0 Å². The van der Waals surface area contributed by atoms with Crippen molar-refractivity contribution in [2.75, 3.05) is 11.4 Å². The minimum absolute atomic E-state index is 0.0674. The Kier molecular flexibility index (Phi) is 9.86. The van der Waals surface area contributed by atoms with Gasteiger partial charge in [0.1, 0.15) is 5.82 Å². The van der Waals surface area contributed by atoms with Crippen LogP contribution in [0.4, 0.5) is 27.6 Å². The van der Waals surface area contributed by atoms with Crippen molar-refractivity contribution in [3.05, 3.63) is 97.3 Å². The van der Waals surface area contributed by atoms with Crippen molar-refractivity contribution in [2.24, 2.45) is 5.41 Å². The van der Waals surface area contributed by atoms with Gasteiger partial charge >= 0.3 is 11.9 Å². The Bertz CT molecular complexity index is 1940. The van der Waals surface area contributed by atoms with Crippen LogP contribution in [-0.2, 0) is 22.8 Å². The SMILES string of the molecule is C#CCN(Cc1cc2c(=O)n(COC(=O)C(C)(C)C)c(C)nc2cc1Br)c1ccc(C(=O)Oc2c(F)c(F)c(F)c(F)c2F)cc1. The largest absolute Gasteiger partial charge is 0.443 e. The van der Waals surface area contributed by atoms with Crippen LogP contribution in [0.2, 0.25) is 0 Å². The Balaban J connectivity index is 1.60. The average molecular weight is 706 g/mol. The molecule has 0 atom stereocenters. The number of benzene rings is 3. The number of anilines is 1. The molecule has 0 aliphatic carbocycles. The van der Waals surface area contributed by atoms with Gasteiger partial charge in [-0.1, -0.05) is 21.9 Å². The van der Waals surface area contributed by atoms with Gasteiger partial charge in [-0.3, -0.25) is 14.2 Å². The van der Waals surface area contributed by atoms with E-state index < -0.39 is 57.7 Å². The van der Waals surface area contributed by atoms with E-state index in [4.69, 9.17) is 11.2 Å². The topological polar surface area (TPSA) is 90.7 Å². The van der Waals surface area contributed by atoms with Gasteiger partial charge in [-0.25, -0.2) is 22.9 Å². The predicted molar refractivity (Wildman–Crippen MR) is 162 cm³/mol. The van der Waals surface area contributed by atoms with E-state index in [0.29, 0.717) is 27.1 Å². The molecule has 0 N–H and O–H groups in total. The summed E-state index contributed by atoms with van der Waals surface area (Å²) in [5.74, 6) is -12.2. The molecular formula is C32H25BrF5N3O5. The number of aromatic nitrogens is 2. The smallest absolute Gasteiger partial charge is 0.343 e. The first-order valence-electron chi connectivity index (χ1n) is 13.4. The van der Waals surface area contributed by atoms with Crippen molar-refractivity contribution in [2.45, 2.75) is 41.0 Å². The summed E-state index contributed by atoms with van der Waals surface area (Å²) in [6.45, 7) is 6.58. The van der Waals surface area contributed by atoms with Crippen molar-refractivity contribution < 1.29 is 41.0 Å². The zero-order valence-electron chi connectivity index (χ0n) is 24.8. The van der Waals surface area contributed by atoms with Gasteiger partial charge in [-0.05, 0) is 69.7 Å². The van der Waals surface area contributed by atoms with Gasteiger partial charge in [0.25, 0.3) is 5.56 Å². The maximum Gasteiger partial charge on any atom is 0.343 e. The van der Waals surface area contributed by atoms with Gasteiger partial charge in [0.15, 0.2) is 6.73 Å². The van der Waals surface area contributed by atoms with Crippen LogP contribution in [-0.4, -0.2) is 28.0 Å². The van der Waals surface area contributed by atoms with Crippen molar-refractivity contribution in [1.29, 1.82) is 0 Å². The molecule has 0 aliphatic heterocycles. The number of ether oxygens (including phenoxy) is 2. The highest BCUT2D eigenvalue weighted by molar-refractivity contribution is 9.10. The molecular weight excluding hydrogens is 681 g/mol. The molecule has 4 aromatic rings. The fourth-order valence-corrected chi connectivity index (χ4v) is 4.66. The van der Waals surface area contributed by atoms with Crippen LogP contribution in [0.3, 0.4) is 0 Å². The fraction of sp³-hybridized carbons (Fsp3) is 0.250.